The highest BCUT2D eigenvalue weighted by atomic mass is 15.1. The summed E-state index contributed by atoms with van der Waals surface area (Å²) in [6.07, 6.45) is 4.64. The van der Waals surface area contributed by atoms with Crippen LogP contribution in [0.3, 0.4) is 0 Å². The zero-order valence-corrected chi connectivity index (χ0v) is 15.3. The van der Waals surface area contributed by atoms with Gasteiger partial charge < -0.3 is 5.32 Å². The van der Waals surface area contributed by atoms with Crippen molar-refractivity contribution >= 4 is 5.95 Å². The molecule has 1 fully saturated rings. The summed E-state index contributed by atoms with van der Waals surface area (Å²) in [6.45, 7) is 7.72. The van der Waals surface area contributed by atoms with Gasteiger partial charge in [-0.1, -0.05) is 51.1 Å². The van der Waals surface area contributed by atoms with Crippen LogP contribution in [-0.2, 0) is 12.8 Å². The van der Waals surface area contributed by atoms with Crippen molar-refractivity contribution in [3.8, 4) is 6.07 Å². The van der Waals surface area contributed by atoms with Gasteiger partial charge in [-0.3, -0.25) is 0 Å². The summed E-state index contributed by atoms with van der Waals surface area (Å²) in [6, 6.07) is 12.6. The van der Waals surface area contributed by atoms with E-state index in [4.69, 9.17) is 0 Å². The van der Waals surface area contributed by atoms with Crippen LogP contribution in [0.2, 0.25) is 0 Å². The van der Waals surface area contributed by atoms with Crippen molar-refractivity contribution < 1.29 is 0 Å². The number of aromatic nitrogens is 2. The topological polar surface area (TPSA) is 61.6 Å². The van der Waals surface area contributed by atoms with E-state index in [1.807, 2.05) is 18.2 Å². The van der Waals surface area contributed by atoms with Crippen LogP contribution < -0.4 is 5.32 Å². The maximum Gasteiger partial charge on any atom is 0.222 e. The summed E-state index contributed by atoms with van der Waals surface area (Å²) in [7, 11) is 0. The molecule has 1 heterocycles. The molecule has 0 saturated heterocycles. The SMILES string of the molecule is C[C@H]1C[C@@H](Cc2nc(NCCc3ccccc3)ncc2C#N)C1(C)C. The predicted octanol–water partition coefficient (Wildman–Crippen LogP) is 4.23. The number of hydrogen-bond acceptors (Lipinski definition) is 4. The van der Waals surface area contributed by atoms with Gasteiger partial charge >= 0.3 is 0 Å². The summed E-state index contributed by atoms with van der Waals surface area (Å²) in [5.74, 6) is 1.94. The quantitative estimate of drug-likeness (QED) is 0.859. The minimum Gasteiger partial charge on any atom is -0.354 e. The Morgan fingerprint density at radius 3 is 2.68 bits per heavy atom. The number of nitrogens with one attached hydrogen (secondary N) is 1. The molecule has 3 rings (SSSR count). The smallest absolute Gasteiger partial charge is 0.222 e. The van der Waals surface area contributed by atoms with E-state index in [9.17, 15) is 5.26 Å². The zero-order valence-electron chi connectivity index (χ0n) is 15.3. The summed E-state index contributed by atoms with van der Waals surface area (Å²) in [4.78, 5) is 8.94. The van der Waals surface area contributed by atoms with Gasteiger partial charge in [-0.2, -0.15) is 5.26 Å². The number of nitrogens with zero attached hydrogens (tertiary/aromatic N) is 3. The average molecular weight is 334 g/mol. The van der Waals surface area contributed by atoms with Crippen molar-refractivity contribution in [2.75, 3.05) is 11.9 Å². The Morgan fingerprint density at radius 1 is 1.28 bits per heavy atom. The minimum absolute atomic E-state index is 0.318. The average Bonchev–Trinajstić information content (AvgIpc) is 2.62. The van der Waals surface area contributed by atoms with Crippen LogP contribution in [0.1, 0.15) is 44.0 Å². The molecule has 0 bridgehead atoms. The Kier molecular flexibility index (Phi) is 5.03. The first-order valence-electron chi connectivity index (χ1n) is 9.04. The fourth-order valence-electron chi connectivity index (χ4n) is 3.57. The van der Waals surface area contributed by atoms with E-state index in [2.05, 4.69) is 54.3 Å². The van der Waals surface area contributed by atoms with Crippen LogP contribution in [0, 0.1) is 28.6 Å². The fraction of sp³-hybridized carbons (Fsp3) is 0.476. The third kappa shape index (κ3) is 3.82. The van der Waals surface area contributed by atoms with Crippen molar-refractivity contribution in [1.82, 2.24) is 9.97 Å². The highest BCUT2D eigenvalue weighted by Crippen LogP contribution is 2.52. The Balaban J connectivity index is 1.65. The van der Waals surface area contributed by atoms with E-state index in [1.54, 1.807) is 6.20 Å². The zero-order chi connectivity index (χ0) is 17.9. The fourth-order valence-corrected chi connectivity index (χ4v) is 3.57. The Hall–Kier alpha value is -2.41. The number of nitriles is 1. The van der Waals surface area contributed by atoms with Gasteiger partial charge in [0.2, 0.25) is 5.95 Å². The van der Waals surface area contributed by atoms with Crippen LogP contribution >= 0.6 is 0 Å². The Morgan fingerprint density at radius 2 is 2.04 bits per heavy atom. The van der Waals surface area contributed by atoms with E-state index in [1.165, 1.54) is 12.0 Å². The summed E-state index contributed by atoms with van der Waals surface area (Å²) >= 11 is 0. The van der Waals surface area contributed by atoms with Gasteiger partial charge in [-0.05, 0) is 42.1 Å². The molecule has 4 heteroatoms. The first kappa shape index (κ1) is 17.4. The van der Waals surface area contributed by atoms with E-state index in [0.29, 0.717) is 22.8 Å². The van der Waals surface area contributed by atoms with Crippen LogP contribution in [-0.4, -0.2) is 16.5 Å². The van der Waals surface area contributed by atoms with Gasteiger partial charge in [0.05, 0.1) is 17.5 Å². The molecule has 1 aliphatic carbocycles. The van der Waals surface area contributed by atoms with E-state index < -0.39 is 0 Å². The molecule has 0 amide bonds. The molecule has 1 aromatic heterocycles. The lowest BCUT2D eigenvalue weighted by Crippen LogP contribution is -2.44. The Labute approximate surface area is 150 Å². The lowest BCUT2D eigenvalue weighted by atomic mass is 9.54. The number of benzene rings is 1. The molecular weight excluding hydrogens is 308 g/mol. The van der Waals surface area contributed by atoms with Gasteiger partial charge in [0, 0.05) is 6.54 Å². The molecule has 25 heavy (non-hydrogen) atoms. The number of anilines is 1. The highest BCUT2D eigenvalue weighted by molar-refractivity contribution is 5.37. The van der Waals surface area contributed by atoms with E-state index in [-0.39, 0.29) is 0 Å². The van der Waals surface area contributed by atoms with E-state index >= 15 is 0 Å². The van der Waals surface area contributed by atoms with Crippen molar-refractivity contribution in [1.29, 1.82) is 5.26 Å². The molecular formula is C21H26N4. The summed E-state index contributed by atoms with van der Waals surface area (Å²) in [5.41, 5.74) is 3.08. The third-order valence-electron chi connectivity index (χ3n) is 5.93. The van der Waals surface area contributed by atoms with Gasteiger partial charge in [0.1, 0.15) is 6.07 Å². The molecule has 0 spiro atoms. The molecule has 0 unspecified atom stereocenters. The maximum atomic E-state index is 9.37. The molecule has 2 aromatic rings. The second kappa shape index (κ2) is 7.23. The first-order valence-corrected chi connectivity index (χ1v) is 9.04. The predicted molar refractivity (Wildman–Crippen MR) is 100 cm³/mol. The lowest BCUT2D eigenvalue weighted by molar-refractivity contribution is -0.00772. The van der Waals surface area contributed by atoms with Gasteiger partial charge in [-0.15, -0.1) is 0 Å². The summed E-state index contributed by atoms with van der Waals surface area (Å²) < 4.78 is 0. The van der Waals surface area contributed by atoms with Crippen LogP contribution in [0.5, 0.6) is 0 Å². The molecule has 4 nitrogen and oxygen atoms in total. The van der Waals surface area contributed by atoms with Gasteiger partial charge in [0.25, 0.3) is 0 Å². The molecule has 0 aliphatic heterocycles. The second-order valence-corrected chi connectivity index (χ2v) is 7.69. The number of hydrogen-bond donors (Lipinski definition) is 1. The standard InChI is InChI=1S/C21H26N4/c1-15-11-18(21(15,2)3)12-19-17(13-22)14-24-20(25-19)23-10-9-16-7-5-4-6-8-16/h4-8,14-15,18H,9-12H2,1-3H3,(H,23,24,25)/t15-,18-/m0/s1. The van der Waals surface area contributed by atoms with Crippen LogP contribution in [0.15, 0.2) is 36.5 Å². The molecule has 1 N–H and O–H groups in total. The normalized spacial score (nSPS) is 21.2. The highest BCUT2D eigenvalue weighted by Gasteiger charge is 2.45. The van der Waals surface area contributed by atoms with Crippen molar-refractivity contribution in [2.45, 2.75) is 40.0 Å². The van der Waals surface area contributed by atoms with Crippen molar-refractivity contribution in [3.05, 3.63) is 53.3 Å². The summed E-state index contributed by atoms with van der Waals surface area (Å²) in [5, 5.41) is 12.7. The molecule has 1 saturated carbocycles. The molecule has 1 aliphatic rings. The minimum atomic E-state index is 0.318. The monoisotopic (exact) mass is 334 g/mol. The number of rotatable bonds is 6. The molecule has 130 valence electrons. The largest absolute Gasteiger partial charge is 0.354 e. The Bertz CT molecular complexity index is 761. The van der Waals surface area contributed by atoms with Gasteiger partial charge in [0.15, 0.2) is 0 Å². The second-order valence-electron chi connectivity index (χ2n) is 7.69. The van der Waals surface area contributed by atoms with Crippen LogP contribution in [0.25, 0.3) is 0 Å². The third-order valence-corrected chi connectivity index (χ3v) is 5.93. The maximum absolute atomic E-state index is 9.37. The molecule has 1 aromatic carbocycles. The van der Waals surface area contributed by atoms with Crippen LogP contribution in [0.4, 0.5) is 5.95 Å². The van der Waals surface area contributed by atoms with Crippen molar-refractivity contribution in [3.63, 3.8) is 0 Å². The van der Waals surface area contributed by atoms with Gasteiger partial charge in [-0.25, -0.2) is 9.97 Å². The molecule has 2 atom stereocenters. The lowest BCUT2D eigenvalue weighted by Gasteiger charge is -2.51. The molecule has 0 radical (unpaired) electrons. The van der Waals surface area contributed by atoms with Crippen molar-refractivity contribution in [2.24, 2.45) is 17.3 Å². The van der Waals surface area contributed by atoms with E-state index in [0.717, 1.165) is 31.0 Å². The first-order chi connectivity index (χ1) is 12.0.